The van der Waals surface area contributed by atoms with E-state index >= 15 is 0 Å². The quantitative estimate of drug-likeness (QED) is 0.00474. The Labute approximate surface area is 756 Å². The number of oxime groups is 1. The fraction of sp³-hybridized carbons (Fsp3) is 0.175. The number of fused-ring (bicyclic) bond motifs is 3. The van der Waals surface area contributed by atoms with Gasteiger partial charge in [-0.25, -0.2) is 29.9 Å². The van der Waals surface area contributed by atoms with Crippen molar-refractivity contribution in [1.29, 1.82) is 5.26 Å². The molecule has 0 aliphatic heterocycles. The van der Waals surface area contributed by atoms with Crippen LogP contribution in [0.1, 0.15) is 121 Å². The Morgan fingerprint density at radius 2 is 0.841 bits per heavy atom. The van der Waals surface area contributed by atoms with Gasteiger partial charge >= 0.3 is 85.4 Å². The molecule has 2 radical (unpaired) electrons. The van der Waals surface area contributed by atoms with E-state index in [1.807, 2.05) is 113 Å². The van der Waals surface area contributed by atoms with Crippen LogP contribution < -0.4 is 36.2 Å². The fourth-order valence-corrected chi connectivity index (χ4v) is 11.2. The zero-order valence-electron chi connectivity index (χ0n) is 69.0. The molecular weight excluding hydrogens is 1910 g/mol. The van der Waals surface area contributed by atoms with Crippen molar-refractivity contribution in [2.75, 3.05) is 47.9 Å². The molecular formula is C80H75Cl2ILiN13O28Sn. The number of aromatic nitrogens is 4. The van der Waals surface area contributed by atoms with Crippen molar-refractivity contribution in [3.63, 3.8) is 0 Å². The third kappa shape index (κ3) is 27.7. The number of nitriles is 1. The number of nitrogen functional groups attached to an aromatic ring is 1. The van der Waals surface area contributed by atoms with Crippen LogP contribution in [-0.2, 0) is 23.7 Å². The van der Waals surface area contributed by atoms with E-state index < -0.39 is 85.6 Å². The van der Waals surface area contributed by atoms with Gasteiger partial charge in [0.1, 0.15) is 33.9 Å². The number of Topliss-reactive ketones (excluding diaryl/α,β-unsaturated/α-hetero) is 1. The number of furan rings is 3. The Balaban J connectivity index is 0.000000392. The number of aliphatic hydroxyl groups is 1. The molecule has 0 unspecified atom stereocenters. The normalized spacial score (nSPS) is 10.1. The predicted molar refractivity (Wildman–Crippen MR) is 460 cm³/mol. The second-order valence-corrected chi connectivity index (χ2v) is 30.1. The van der Waals surface area contributed by atoms with Crippen LogP contribution in [0.5, 0.6) is 0 Å². The maximum Gasteiger partial charge on any atom is 1.00 e. The average molecular weight is 1990 g/mol. The maximum atomic E-state index is 11.7. The zero-order chi connectivity index (χ0) is 92.7. The summed E-state index contributed by atoms with van der Waals surface area (Å²) >= 11 is 1.01. The van der Waals surface area contributed by atoms with Crippen LogP contribution in [-0.4, -0.2) is 163 Å². The van der Waals surface area contributed by atoms with E-state index in [2.05, 4.69) is 50.3 Å². The summed E-state index contributed by atoms with van der Waals surface area (Å²) in [5.74, 6) is 1.94. The summed E-state index contributed by atoms with van der Waals surface area (Å²) < 4.78 is 51.0. The van der Waals surface area contributed by atoms with Gasteiger partial charge in [0.2, 0.25) is 11.6 Å². The molecule has 5 heterocycles. The number of hydrogen-bond acceptors (Lipinski definition) is 36. The molecule has 46 heteroatoms. The number of rotatable bonds is 15. The third-order valence-electron chi connectivity index (χ3n) is 16.8. The van der Waals surface area contributed by atoms with Gasteiger partial charge in [-0.3, -0.25) is 45.3 Å². The Hall–Kier alpha value is -13.6. The number of nitro groups is 4. The second kappa shape index (κ2) is 50.8. The molecule has 0 aliphatic carbocycles. The second-order valence-electron chi connectivity index (χ2n) is 24.7. The summed E-state index contributed by atoms with van der Waals surface area (Å²) in [6, 6.07) is 39.1. The minimum Gasteiger partial charge on any atom is -0.870 e. The van der Waals surface area contributed by atoms with Gasteiger partial charge in [0, 0.05) is 65.2 Å². The van der Waals surface area contributed by atoms with Crippen molar-refractivity contribution in [3.05, 3.63) is 268 Å². The van der Waals surface area contributed by atoms with E-state index in [4.69, 9.17) is 77.1 Å². The summed E-state index contributed by atoms with van der Waals surface area (Å²) in [6.45, 7) is 15.3. The molecule has 0 bridgehead atoms. The van der Waals surface area contributed by atoms with Crippen molar-refractivity contribution < 1.29 is 134 Å². The van der Waals surface area contributed by atoms with Crippen LogP contribution in [0.4, 0.5) is 28.4 Å². The Morgan fingerprint density at radius 3 is 1.20 bits per heavy atom. The number of methoxy groups -OCH3 is 5. The number of anilines is 1. The molecule has 126 heavy (non-hydrogen) atoms. The minimum absolute atomic E-state index is 0. The van der Waals surface area contributed by atoms with E-state index in [9.17, 15) is 69.2 Å². The molecule has 654 valence electrons. The first-order valence-electron chi connectivity index (χ1n) is 35.0. The number of benzene rings is 8. The third-order valence-corrected chi connectivity index (χ3v) is 17.7. The average Bonchev–Trinajstić information content (AvgIpc) is 1.54. The number of hydrogen-bond donors (Lipinski definition) is 6. The number of esters is 5. The largest absolute Gasteiger partial charge is 1.00 e. The molecule has 10 N–H and O–H groups in total. The van der Waals surface area contributed by atoms with E-state index in [1.165, 1.54) is 96.0 Å². The summed E-state index contributed by atoms with van der Waals surface area (Å²) in [7, 11) is 15.9. The van der Waals surface area contributed by atoms with Crippen LogP contribution in [0.3, 0.4) is 0 Å². The number of aryl methyl sites for hydroxylation is 6. The topological polar surface area (TPSA) is 643 Å². The number of nitrogens with zero attached hydrogens (tertiary/aromatic N) is 10. The smallest absolute Gasteiger partial charge is 0.870 e. The van der Waals surface area contributed by atoms with Crippen LogP contribution in [0.2, 0.25) is 0 Å². The van der Waals surface area contributed by atoms with Gasteiger partial charge in [-0.05, 0) is 189 Å². The number of carbonyl (C=O) groups is 6. The molecule has 0 aliphatic rings. The number of nitro benzene ring substituents is 4. The molecule has 0 fully saturated rings. The van der Waals surface area contributed by atoms with Gasteiger partial charge in [0.25, 0.3) is 34.5 Å². The standard InChI is InChI=1S/C20H15N3O6.C20H17N3O4.C12H12O2.C9H9N3O5.C9H6N2O4.C8H6INO4.C2H6O.2ClH.Li.H3NO.H2O.Sn/c1-10-4-5-11(2)17-14(10)9-16(28-17)19-21-18(22-29-19)13-7-6-12(20(24)27-3)8-15(13)23(25)26;1-10-4-5-11(2)17-14(10)9-16(26-17)19-22-18(23-27-19)13-7-6-12(8-15(13)21)20(24)25-3;1-7-4-5-8(2)12-10(7)6-11(14-12)9(3)13;1-17-9(13)5-2-3-6(8(10)11-14)7(4-5)12(15)16;1-15-9(12)6-2-3-7(5-10)8(4-6)11(13)14;1-14-8(11)5-2-3-6(9)7(4-5)10(12)13;1-2-3;;;;1-2;;/h4-9H,1-3H3;4-9H,21H2,1-3H3;4-6H,1-3H3;2-4,14H,1H3,(H2,10,11);2-4H,1H3;2-4H,1H3;3H,2H2,1H3;2*1H;;2H,1H2;1H2;/q;;;;;;;;;+1;;;+2/p-3. The molecule has 8 aromatic carbocycles. The van der Waals surface area contributed by atoms with Gasteiger partial charge in [0.15, 0.2) is 28.9 Å². The van der Waals surface area contributed by atoms with Crippen LogP contribution in [0.25, 0.3) is 79.0 Å². The van der Waals surface area contributed by atoms with Crippen LogP contribution in [0, 0.1) is 96.9 Å². The number of halogens is 3. The van der Waals surface area contributed by atoms with Gasteiger partial charge in [-0.2, -0.15) is 15.2 Å². The van der Waals surface area contributed by atoms with Crippen molar-refractivity contribution in [3.8, 4) is 52.1 Å². The zero-order valence-corrected chi connectivity index (χ0v) is 75.5. The summed E-state index contributed by atoms with van der Waals surface area (Å²) in [5, 5.41) is 87.9. The maximum absolute atomic E-state index is 11.7. The number of amidine groups is 1. The SMILES string of the molecule is CC(=O)c1cc2c(C)ccc(C)c2o1.CCO.COC(=O)c1ccc(-c2noc(-c3cc4c(C)ccc(C)c4o3)n2)c(N)c1.COC(=O)c1ccc(-c2noc(-c3cc4c(C)ccc(C)c4o3)n2)c([N+](=O)[O-])c1.COC(=O)c1ccc(/C(N)=N/O)c([N+](=O)[O-])c1.COC(=O)c1ccc(C#N)c([N+](=O)[O-])c1.COC(=O)c1ccc(I)c([N+](=O)[O-])c1.NO.[Cl][Sn][Cl].[Li+].[OH-]. The van der Waals surface area contributed by atoms with Gasteiger partial charge in [0.05, 0.1) is 92.2 Å². The number of carbonyl (C=O) groups excluding carboxylic acids is 6. The number of ether oxygens (including phenoxy) is 5. The summed E-state index contributed by atoms with van der Waals surface area (Å²) in [5.41, 5.74) is 20.2. The summed E-state index contributed by atoms with van der Waals surface area (Å²) in [4.78, 5) is 117. The van der Waals surface area contributed by atoms with E-state index in [1.54, 1.807) is 31.2 Å². The molecule has 5 aromatic heterocycles. The van der Waals surface area contributed by atoms with E-state index in [0.717, 1.165) is 86.0 Å². The number of nitrogens with two attached hydrogens (primary N) is 3. The molecule has 0 saturated carbocycles. The van der Waals surface area contributed by atoms with Crippen LogP contribution in [0.15, 0.2) is 173 Å². The Bertz CT molecular complexity index is 6090. The molecule has 13 rings (SSSR count). The van der Waals surface area contributed by atoms with E-state index in [0.29, 0.717) is 49.1 Å². The molecule has 0 saturated heterocycles. The Morgan fingerprint density at radius 1 is 0.516 bits per heavy atom. The fourth-order valence-electron chi connectivity index (χ4n) is 10.7. The van der Waals surface area contributed by atoms with Crippen molar-refractivity contribution >= 4 is 162 Å². The van der Waals surface area contributed by atoms with Gasteiger partial charge in [-0.15, -0.1) is 0 Å². The van der Waals surface area contributed by atoms with Crippen molar-refractivity contribution in [1.82, 2.24) is 20.3 Å². The first-order chi connectivity index (χ1) is 58.9. The molecule has 13 aromatic rings. The van der Waals surface area contributed by atoms with E-state index in [-0.39, 0.29) is 105 Å². The predicted octanol–water partition coefficient (Wildman–Crippen LogP) is 12.7. The Kier molecular flexibility index (Phi) is 43.0. The summed E-state index contributed by atoms with van der Waals surface area (Å²) in [6.07, 6.45) is 0. The molecule has 0 atom stereocenters. The van der Waals surface area contributed by atoms with Crippen molar-refractivity contribution in [2.45, 2.75) is 55.4 Å². The number of ketones is 1. The monoisotopic (exact) mass is 1990 g/mol. The molecule has 41 nitrogen and oxygen atoms in total. The molecule has 0 amide bonds. The number of aliphatic hydroxyl groups excluding tert-OH is 1. The molecule has 0 spiro atoms. The van der Waals surface area contributed by atoms with Gasteiger partial charge in [-0.1, -0.05) is 51.9 Å². The minimum atomic E-state index is -0.826. The van der Waals surface area contributed by atoms with Crippen molar-refractivity contribution in [2.24, 2.45) is 16.8 Å². The first kappa shape index (κ1) is 107. The van der Waals surface area contributed by atoms with Gasteiger partial charge < -0.3 is 78.4 Å². The van der Waals surface area contributed by atoms with Crippen LogP contribution >= 0.6 is 40.4 Å². The first-order valence-corrected chi connectivity index (χ1v) is 43.3.